The lowest BCUT2D eigenvalue weighted by atomic mass is 10.1. The van der Waals surface area contributed by atoms with Gasteiger partial charge in [-0.1, -0.05) is 18.2 Å². The van der Waals surface area contributed by atoms with Crippen LogP contribution in [-0.2, 0) is 9.53 Å². The number of rotatable bonds is 6. The van der Waals surface area contributed by atoms with Gasteiger partial charge in [0.05, 0.1) is 6.61 Å². The Hall–Kier alpha value is -1.59. The van der Waals surface area contributed by atoms with E-state index in [2.05, 4.69) is 45.4 Å². The molecule has 1 aromatic rings. The Morgan fingerprint density at radius 2 is 1.96 bits per heavy atom. The van der Waals surface area contributed by atoms with E-state index in [1.807, 2.05) is 0 Å². The SMILES string of the molecule is O=C(CCN1CCN(c2ccccc2)CC1)NCC1CCOC1. The van der Waals surface area contributed by atoms with E-state index in [0.29, 0.717) is 12.3 Å². The van der Waals surface area contributed by atoms with E-state index >= 15 is 0 Å². The monoisotopic (exact) mass is 317 g/mol. The number of nitrogens with zero attached hydrogens (tertiary/aromatic N) is 2. The Morgan fingerprint density at radius 3 is 2.65 bits per heavy atom. The molecule has 1 unspecified atom stereocenters. The molecule has 0 radical (unpaired) electrons. The zero-order valence-electron chi connectivity index (χ0n) is 13.7. The molecular weight excluding hydrogens is 290 g/mol. The first kappa shape index (κ1) is 16.3. The van der Waals surface area contributed by atoms with Crippen molar-refractivity contribution in [2.45, 2.75) is 12.8 Å². The summed E-state index contributed by atoms with van der Waals surface area (Å²) >= 11 is 0. The molecule has 1 aromatic carbocycles. The molecular formula is C18H27N3O2. The van der Waals surface area contributed by atoms with Crippen molar-refractivity contribution in [3.63, 3.8) is 0 Å². The summed E-state index contributed by atoms with van der Waals surface area (Å²) in [5, 5.41) is 3.04. The van der Waals surface area contributed by atoms with Gasteiger partial charge in [-0.15, -0.1) is 0 Å². The van der Waals surface area contributed by atoms with Crippen molar-refractivity contribution in [3.05, 3.63) is 30.3 Å². The summed E-state index contributed by atoms with van der Waals surface area (Å²) in [6.45, 7) is 7.37. The second kappa shape index (κ2) is 8.31. The van der Waals surface area contributed by atoms with Crippen LogP contribution in [0.5, 0.6) is 0 Å². The van der Waals surface area contributed by atoms with E-state index < -0.39 is 0 Å². The molecule has 1 amide bonds. The summed E-state index contributed by atoms with van der Waals surface area (Å²) in [5.74, 6) is 0.677. The van der Waals surface area contributed by atoms with E-state index in [1.54, 1.807) is 0 Å². The largest absolute Gasteiger partial charge is 0.381 e. The topological polar surface area (TPSA) is 44.8 Å². The maximum Gasteiger partial charge on any atom is 0.221 e. The first-order valence-corrected chi connectivity index (χ1v) is 8.68. The van der Waals surface area contributed by atoms with Crippen molar-refractivity contribution in [2.24, 2.45) is 5.92 Å². The summed E-state index contributed by atoms with van der Waals surface area (Å²) in [7, 11) is 0. The highest BCUT2D eigenvalue weighted by atomic mass is 16.5. The second-order valence-electron chi connectivity index (χ2n) is 6.45. The molecule has 0 spiro atoms. The van der Waals surface area contributed by atoms with Crippen LogP contribution >= 0.6 is 0 Å². The number of carbonyl (C=O) groups is 1. The van der Waals surface area contributed by atoms with Gasteiger partial charge in [0, 0.05) is 63.9 Å². The minimum Gasteiger partial charge on any atom is -0.381 e. The van der Waals surface area contributed by atoms with E-state index in [1.165, 1.54) is 5.69 Å². The number of piperazine rings is 1. The number of hydrogen-bond acceptors (Lipinski definition) is 4. The Morgan fingerprint density at radius 1 is 1.17 bits per heavy atom. The lowest BCUT2D eigenvalue weighted by molar-refractivity contribution is -0.121. The molecule has 1 N–H and O–H groups in total. The third kappa shape index (κ3) is 4.94. The van der Waals surface area contributed by atoms with Gasteiger partial charge in [0.1, 0.15) is 0 Å². The van der Waals surface area contributed by atoms with Crippen LogP contribution in [0.25, 0.3) is 0 Å². The standard InChI is InChI=1S/C18H27N3O2/c22-18(19-14-16-7-13-23-15-16)6-8-20-9-11-21(12-10-20)17-4-2-1-3-5-17/h1-5,16H,6-15H2,(H,19,22). The molecule has 0 bridgehead atoms. The highest BCUT2D eigenvalue weighted by Crippen LogP contribution is 2.15. The second-order valence-corrected chi connectivity index (χ2v) is 6.45. The van der Waals surface area contributed by atoms with Gasteiger partial charge in [0.2, 0.25) is 5.91 Å². The zero-order valence-corrected chi connectivity index (χ0v) is 13.7. The Balaban J connectivity index is 1.32. The van der Waals surface area contributed by atoms with Crippen LogP contribution in [0.15, 0.2) is 30.3 Å². The molecule has 0 aliphatic carbocycles. The van der Waals surface area contributed by atoms with Crippen LogP contribution in [0.1, 0.15) is 12.8 Å². The van der Waals surface area contributed by atoms with Gasteiger partial charge in [-0.05, 0) is 18.6 Å². The average molecular weight is 317 g/mol. The lowest BCUT2D eigenvalue weighted by Crippen LogP contribution is -2.47. The highest BCUT2D eigenvalue weighted by molar-refractivity contribution is 5.76. The fourth-order valence-electron chi connectivity index (χ4n) is 3.22. The Kier molecular flexibility index (Phi) is 5.88. The third-order valence-corrected chi connectivity index (χ3v) is 4.76. The Labute approximate surface area is 138 Å². The molecule has 3 rings (SSSR count). The summed E-state index contributed by atoms with van der Waals surface area (Å²) in [5.41, 5.74) is 1.30. The highest BCUT2D eigenvalue weighted by Gasteiger charge is 2.19. The maximum atomic E-state index is 11.9. The number of para-hydroxylation sites is 1. The lowest BCUT2D eigenvalue weighted by Gasteiger charge is -2.36. The van der Waals surface area contributed by atoms with Crippen molar-refractivity contribution >= 4 is 11.6 Å². The molecule has 5 nitrogen and oxygen atoms in total. The fourth-order valence-corrected chi connectivity index (χ4v) is 3.22. The van der Waals surface area contributed by atoms with Crippen LogP contribution in [0.4, 0.5) is 5.69 Å². The molecule has 0 aromatic heterocycles. The average Bonchev–Trinajstić information content (AvgIpc) is 3.13. The van der Waals surface area contributed by atoms with Crippen LogP contribution in [0.3, 0.4) is 0 Å². The van der Waals surface area contributed by atoms with Crippen molar-refractivity contribution in [1.82, 2.24) is 10.2 Å². The van der Waals surface area contributed by atoms with E-state index in [-0.39, 0.29) is 5.91 Å². The van der Waals surface area contributed by atoms with Crippen LogP contribution in [-0.4, -0.2) is 63.3 Å². The van der Waals surface area contributed by atoms with Gasteiger partial charge >= 0.3 is 0 Å². The van der Waals surface area contributed by atoms with Crippen molar-refractivity contribution in [1.29, 1.82) is 0 Å². The number of amides is 1. The number of anilines is 1. The molecule has 2 heterocycles. The van der Waals surface area contributed by atoms with Crippen molar-refractivity contribution in [2.75, 3.05) is 57.4 Å². The van der Waals surface area contributed by atoms with E-state index in [4.69, 9.17) is 4.74 Å². The Bertz CT molecular complexity index is 480. The molecule has 0 saturated carbocycles. The summed E-state index contributed by atoms with van der Waals surface area (Å²) in [4.78, 5) is 16.7. The van der Waals surface area contributed by atoms with Gasteiger partial charge in [0.15, 0.2) is 0 Å². The van der Waals surface area contributed by atoms with Gasteiger partial charge in [-0.25, -0.2) is 0 Å². The molecule has 126 valence electrons. The van der Waals surface area contributed by atoms with Gasteiger partial charge < -0.3 is 15.0 Å². The van der Waals surface area contributed by atoms with Crippen molar-refractivity contribution < 1.29 is 9.53 Å². The molecule has 2 fully saturated rings. The first-order chi connectivity index (χ1) is 11.3. The van der Waals surface area contributed by atoms with Crippen molar-refractivity contribution in [3.8, 4) is 0 Å². The van der Waals surface area contributed by atoms with Crippen LogP contribution in [0, 0.1) is 5.92 Å². The summed E-state index contributed by atoms with van der Waals surface area (Å²) < 4.78 is 5.33. The molecule has 2 aliphatic rings. The number of ether oxygens (including phenoxy) is 1. The van der Waals surface area contributed by atoms with Gasteiger partial charge in [-0.3, -0.25) is 9.69 Å². The molecule has 5 heteroatoms. The first-order valence-electron chi connectivity index (χ1n) is 8.68. The number of hydrogen-bond donors (Lipinski definition) is 1. The fraction of sp³-hybridized carbons (Fsp3) is 0.611. The quantitative estimate of drug-likeness (QED) is 0.860. The number of benzene rings is 1. The van der Waals surface area contributed by atoms with Crippen LogP contribution in [0.2, 0.25) is 0 Å². The molecule has 2 saturated heterocycles. The van der Waals surface area contributed by atoms with E-state index in [0.717, 1.165) is 58.9 Å². The molecule has 1 atom stereocenters. The van der Waals surface area contributed by atoms with Gasteiger partial charge in [-0.2, -0.15) is 0 Å². The van der Waals surface area contributed by atoms with E-state index in [9.17, 15) is 4.79 Å². The normalized spacial score (nSPS) is 22.3. The minimum atomic E-state index is 0.169. The van der Waals surface area contributed by atoms with Gasteiger partial charge in [0.25, 0.3) is 0 Å². The summed E-state index contributed by atoms with van der Waals surface area (Å²) in [6.07, 6.45) is 1.67. The predicted octanol–water partition coefficient (Wildman–Crippen LogP) is 1.35. The number of nitrogens with one attached hydrogen (secondary N) is 1. The third-order valence-electron chi connectivity index (χ3n) is 4.76. The molecule has 2 aliphatic heterocycles. The minimum absolute atomic E-state index is 0.169. The maximum absolute atomic E-state index is 11.9. The number of carbonyl (C=O) groups excluding carboxylic acids is 1. The smallest absolute Gasteiger partial charge is 0.221 e. The molecule has 23 heavy (non-hydrogen) atoms. The van der Waals surface area contributed by atoms with Crippen LogP contribution < -0.4 is 10.2 Å². The summed E-state index contributed by atoms with van der Waals surface area (Å²) in [6, 6.07) is 10.5. The zero-order chi connectivity index (χ0) is 15.9. The predicted molar refractivity (Wildman–Crippen MR) is 91.6 cm³/mol.